The number of carbonyl (C=O) groups excluding carboxylic acids is 1. The van der Waals surface area contributed by atoms with Gasteiger partial charge < -0.3 is 4.74 Å². The first kappa shape index (κ1) is 22.6. The van der Waals surface area contributed by atoms with Gasteiger partial charge in [-0.05, 0) is 95.4 Å². The lowest BCUT2D eigenvalue weighted by Crippen LogP contribution is -2.35. The monoisotopic (exact) mass is 422 g/mol. The summed E-state index contributed by atoms with van der Waals surface area (Å²) in [7, 11) is 0. The van der Waals surface area contributed by atoms with Crippen molar-refractivity contribution in [2.24, 2.45) is 29.1 Å². The maximum absolute atomic E-state index is 11.4. The molecular weight excluding hydrogens is 380 g/mol. The lowest BCUT2D eigenvalue weighted by atomic mass is 9.60. The number of esters is 1. The minimum atomic E-state index is -0.211. The number of hydrogen-bond donors (Lipinski definition) is 0. The van der Waals surface area contributed by atoms with Crippen molar-refractivity contribution in [3.8, 4) is 0 Å². The predicted octanol–water partition coefficient (Wildman–Crippen LogP) is 7.69. The maximum Gasteiger partial charge on any atom is 0.307 e. The molecule has 1 saturated carbocycles. The zero-order valence-electron chi connectivity index (χ0n) is 20.6. The quantitative estimate of drug-likeness (QED) is 0.439. The summed E-state index contributed by atoms with van der Waals surface area (Å²) in [5.74, 6) is 4.64. The van der Waals surface area contributed by atoms with Crippen LogP contribution < -0.4 is 0 Å². The Hall–Kier alpha value is -1.57. The molecule has 5 atom stereocenters. The Labute approximate surface area is 189 Å². The highest BCUT2D eigenvalue weighted by atomic mass is 16.5. The van der Waals surface area contributed by atoms with Crippen LogP contribution in [0, 0.1) is 29.1 Å². The second-order valence-corrected chi connectivity index (χ2v) is 11.4. The van der Waals surface area contributed by atoms with E-state index in [0.29, 0.717) is 5.41 Å². The van der Waals surface area contributed by atoms with Crippen molar-refractivity contribution in [1.82, 2.24) is 0 Å². The molecule has 3 aliphatic rings. The Morgan fingerprint density at radius 1 is 1.06 bits per heavy atom. The van der Waals surface area contributed by atoms with E-state index >= 15 is 0 Å². The SMILES string of the molecule is CC(=O)OC1=Cc2ccc3c(c2CC1)CC[C@@]1(C)[C@@H]3CC[C@H]1[C@H](C)CC[C@H](C)C(C)C. The van der Waals surface area contributed by atoms with Gasteiger partial charge in [-0.2, -0.15) is 0 Å². The number of benzene rings is 1. The van der Waals surface area contributed by atoms with E-state index < -0.39 is 0 Å². The van der Waals surface area contributed by atoms with Crippen molar-refractivity contribution in [3.63, 3.8) is 0 Å². The van der Waals surface area contributed by atoms with E-state index in [1.54, 1.807) is 11.1 Å². The summed E-state index contributed by atoms with van der Waals surface area (Å²) in [5.41, 5.74) is 6.52. The standard InChI is InChI=1S/C29H42O2/c1-18(2)19(3)7-8-20(4)27-13-14-28-26-11-9-22-17-23(31-21(5)30)10-12-24(22)25(26)15-16-29(27,28)6/h9,11,17-20,27-28H,7-8,10,12-16H2,1-6H3/t19-,20+,27-,28+,29+/m0/s1. The smallest absolute Gasteiger partial charge is 0.307 e. The Balaban J connectivity index is 1.54. The fourth-order valence-corrected chi connectivity index (χ4v) is 7.06. The van der Waals surface area contributed by atoms with Gasteiger partial charge in [0, 0.05) is 13.3 Å². The highest BCUT2D eigenvalue weighted by molar-refractivity contribution is 5.70. The molecule has 2 nitrogen and oxygen atoms in total. The molecule has 1 aromatic rings. The fourth-order valence-electron chi connectivity index (χ4n) is 7.06. The molecule has 0 amide bonds. The molecule has 1 aromatic carbocycles. The largest absolute Gasteiger partial charge is 0.431 e. The molecule has 4 rings (SSSR count). The molecule has 1 fully saturated rings. The summed E-state index contributed by atoms with van der Waals surface area (Å²) in [6, 6.07) is 4.71. The molecule has 0 bridgehead atoms. The third-order valence-electron chi connectivity index (χ3n) is 9.32. The summed E-state index contributed by atoms with van der Waals surface area (Å²) >= 11 is 0. The highest BCUT2D eigenvalue weighted by Crippen LogP contribution is 2.61. The van der Waals surface area contributed by atoms with Gasteiger partial charge in [-0.25, -0.2) is 0 Å². The molecular formula is C29H42O2. The molecule has 3 aliphatic carbocycles. The van der Waals surface area contributed by atoms with Crippen molar-refractivity contribution < 1.29 is 9.53 Å². The zero-order valence-corrected chi connectivity index (χ0v) is 20.6. The van der Waals surface area contributed by atoms with Crippen LogP contribution in [-0.2, 0) is 22.4 Å². The van der Waals surface area contributed by atoms with Crippen LogP contribution in [0.25, 0.3) is 6.08 Å². The summed E-state index contributed by atoms with van der Waals surface area (Å²) in [4.78, 5) is 11.4. The molecule has 170 valence electrons. The molecule has 0 spiro atoms. The summed E-state index contributed by atoms with van der Waals surface area (Å²) < 4.78 is 5.39. The molecule has 0 heterocycles. The minimum absolute atomic E-state index is 0.211. The summed E-state index contributed by atoms with van der Waals surface area (Å²) in [6.07, 6.45) is 12.0. The first-order valence-electron chi connectivity index (χ1n) is 12.7. The molecule has 0 saturated heterocycles. The van der Waals surface area contributed by atoms with Crippen molar-refractivity contribution in [2.75, 3.05) is 0 Å². The van der Waals surface area contributed by atoms with Gasteiger partial charge in [0.25, 0.3) is 0 Å². The number of fused-ring (bicyclic) bond motifs is 5. The Morgan fingerprint density at radius 2 is 1.84 bits per heavy atom. The van der Waals surface area contributed by atoms with Crippen LogP contribution in [-0.4, -0.2) is 5.97 Å². The lowest BCUT2D eigenvalue weighted by Gasteiger charge is -2.45. The van der Waals surface area contributed by atoms with E-state index in [2.05, 4.69) is 52.8 Å². The van der Waals surface area contributed by atoms with Crippen LogP contribution in [0.4, 0.5) is 0 Å². The number of ether oxygens (including phenoxy) is 1. The lowest BCUT2D eigenvalue weighted by molar-refractivity contribution is -0.137. The van der Waals surface area contributed by atoms with Gasteiger partial charge in [-0.1, -0.05) is 59.6 Å². The maximum atomic E-state index is 11.4. The van der Waals surface area contributed by atoms with Crippen LogP contribution in [0.5, 0.6) is 0 Å². The average molecular weight is 423 g/mol. The number of hydrogen-bond acceptors (Lipinski definition) is 2. The Kier molecular flexibility index (Phi) is 6.39. The molecule has 2 heteroatoms. The first-order valence-corrected chi connectivity index (χ1v) is 12.7. The molecule has 0 aromatic heterocycles. The molecule has 0 unspecified atom stereocenters. The highest BCUT2D eigenvalue weighted by Gasteiger charge is 2.51. The van der Waals surface area contributed by atoms with Crippen molar-refractivity contribution in [3.05, 3.63) is 40.1 Å². The average Bonchev–Trinajstić information content (AvgIpc) is 3.08. The van der Waals surface area contributed by atoms with Gasteiger partial charge in [0.2, 0.25) is 0 Å². The van der Waals surface area contributed by atoms with E-state index in [-0.39, 0.29) is 5.97 Å². The molecule has 0 radical (unpaired) electrons. The topological polar surface area (TPSA) is 26.3 Å². The van der Waals surface area contributed by atoms with Crippen LogP contribution in [0.1, 0.15) is 108 Å². The second kappa shape index (κ2) is 8.75. The van der Waals surface area contributed by atoms with Crippen LogP contribution in [0.2, 0.25) is 0 Å². The van der Waals surface area contributed by atoms with E-state index in [0.717, 1.165) is 48.2 Å². The van der Waals surface area contributed by atoms with Gasteiger partial charge in [-0.15, -0.1) is 0 Å². The number of rotatable bonds is 6. The van der Waals surface area contributed by atoms with Crippen molar-refractivity contribution in [2.45, 2.75) is 98.8 Å². The van der Waals surface area contributed by atoms with E-state index in [4.69, 9.17) is 4.74 Å². The first-order chi connectivity index (χ1) is 14.7. The minimum Gasteiger partial charge on any atom is -0.431 e. The predicted molar refractivity (Wildman–Crippen MR) is 129 cm³/mol. The second-order valence-electron chi connectivity index (χ2n) is 11.4. The van der Waals surface area contributed by atoms with Gasteiger partial charge >= 0.3 is 5.97 Å². The van der Waals surface area contributed by atoms with Gasteiger partial charge in [0.1, 0.15) is 5.76 Å². The van der Waals surface area contributed by atoms with Gasteiger partial charge in [0.15, 0.2) is 0 Å². The van der Waals surface area contributed by atoms with Crippen molar-refractivity contribution >= 4 is 12.0 Å². The van der Waals surface area contributed by atoms with E-state index in [9.17, 15) is 4.79 Å². The van der Waals surface area contributed by atoms with E-state index in [1.807, 2.05) is 0 Å². The third kappa shape index (κ3) is 4.24. The summed E-state index contributed by atoms with van der Waals surface area (Å²) in [6.45, 7) is 13.8. The Bertz CT molecular complexity index is 864. The fraction of sp³-hybridized carbons (Fsp3) is 0.690. The van der Waals surface area contributed by atoms with E-state index in [1.165, 1.54) is 56.6 Å². The van der Waals surface area contributed by atoms with Crippen LogP contribution in [0.15, 0.2) is 17.9 Å². The third-order valence-corrected chi connectivity index (χ3v) is 9.32. The number of carbonyl (C=O) groups is 1. The van der Waals surface area contributed by atoms with Gasteiger partial charge in [-0.3, -0.25) is 4.79 Å². The van der Waals surface area contributed by atoms with Crippen LogP contribution >= 0.6 is 0 Å². The van der Waals surface area contributed by atoms with Crippen LogP contribution in [0.3, 0.4) is 0 Å². The summed E-state index contributed by atoms with van der Waals surface area (Å²) in [5, 5.41) is 0. The zero-order chi connectivity index (χ0) is 22.3. The molecule has 31 heavy (non-hydrogen) atoms. The van der Waals surface area contributed by atoms with Crippen molar-refractivity contribution in [1.29, 1.82) is 0 Å². The van der Waals surface area contributed by atoms with Gasteiger partial charge in [0.05, 0.1) is 0 Å². The molecule has 0 aliphatic heterocycles. The molecule has 0 N–H and O–H groups in total. The Morgan fingerprint density at radius 3 is 2.55 bits per heavy atom. The normalized spacial score (nSPS) is 28.9. The number of allylic oxidation sites excluding steroid dienone is 1.